The number of amides is 1. The van der Waals surface area contributed by atoms with Crippen LogP contribution in [0.4, 0.5) is 0 Å². The third kappa shape index (κ3) is 4.95. The lowest BCUT2D eigenvalue weighted by Gasteiger charge is -2.22. The Bertz CT molecular complexity index is 1140. The summed E-state index contributed by atoms with van der Waals surface area (Å²) in [6.45, 7) is 0.958. The van der Waals surface area contributed by atoms with Crippen molar-refractivity contribution in [3.8, 4) is 22.1 Å². The summed E-state index contributed by atoms with van der Waals surface area (Å²) >= 11 is 3.10. The molecule has 0 saturated heterocycles. The third-order valence-corrected chi connectivity index (χ3v) is 6.58. The van der Waals surface area contributed by atoms with E-state index in [0.29, 0.717) is 18.8 Å². The largest absolute Gasteiger partial charge is 0.497 e. The zero-order valence-electron chi connectivity index (χ0n) is 17.3. The van der Waals surface area contributed by atoms with Crippen molar-refractivity contribution in [2.45, 2.75) is 13.1 Å². The molecule has 0 aliphatic carbocycles. The first-order valence-corrected chi connectivity index (χ1v) is 11.5. The smallest absolute Gasteiger partial charge is 0.273 e. The van der Waals surface area contributed by atoms with E-state index in [-0.39, 0.29) is 5.91 Å². The molecule has 2 aromatic carbocycles. The van der Waals surface area contributed by atoms with E-state index in [2.05, 4.69) is 4.98 Å². The molecule has 0 unspecified atom stereocenters. The maximum atomic E-state index is 13.4. The van der Waals surface area contributed by atoms with E-state index in [1.54, 1.807) is 25.6 Å². The van der Waals surface area contributed by atoms with Crippen LogP contribution in [0.1, 0.15) is 20.9 Å². The molecule has 0 N–H and O–H groups in total. The second kappa shape index (κ2) is 9.76. The van der Waals surface area contributed by atoms with Crippen molar-refractivity contribution in [1.82, 2.24) is 9.88 Å². The summed E-state index contributed by atoms with van der Waals surface area (Å²) < 4.78 is 10.7. The van der Waals surface area contributed by atoms with E-state index in [4.69, 9.17) is 9.47 Å². The van der Waals surface area contributed by atoms with E-state index in [1.807, 2.05) is 76.3 Å². The summed E-state index contributed by atoms with van der Waals surface area (Å²) in [6.07, 6.45) is 0. The number of hydrogen-bond donors (Lipinski definition) is 0. The Morgan fingerprint density at radius 3 is 2.45 bits per heavy atom. The molecule has 5 nitrogen and oxygen atoms in total. The Morgan fingerprint density at radius 1 is 0.935 bits per heavy atom. The van der Waals surface area contributed by atoms with Gasteiger partial charge in [0.15, 0.2) is 0 Å². The Hall–Kier alpha value is -3.16. The molecule has 1 amide bonds. The zero-order chi connectivity index (χ0) is 21.6. The van der Waals surface area contributed by atoms with Crippen LogP contribution in [0, 0.1) is 0 Å². The number of carbonyl (C=O) groups excluding carboxylic acids is 1. The Morgan fingerprint density at radius 2 is 1.74 bits per heavy atom. The van der Waals surface area contributed by atoms with Gasteiger partial charge >= 0.3 is 0 Å². The Kier molecular flexibility index (Phi) is 6.64. The van der Waals surface area contributed by atoms with Crippen LogP contribution in [0.25, 0.3) is 10.6 Å². The molecule has 158 valence electrons. The van der Waals surface area contributed by atoms with E-state index >= 15 is 0 Å². The molecular weight excluding hydrogens is 428 g/mol. The van der Waals surface area contributed by atoms with E-state index in [0.717, 1.165) is 32.5 Å². The molecule has 0 radical (unpaired) electrons. The van der Waals surface area contributed by atoms with Crippen molar-refractivity contribution in [1.29, 1.82) is 0 Å². The summed E-state index contributed by atoms with van der Waals surface area (Å²) in [7, 11) is 3.28. The molecule has 0 bridgehead atoms. The summed E-state index contributed by atoms with van der Waals surface area (Å²) in [5.41, 5.74) is 2.36. The topological polar surface area (TPSA) is 51.7 Å². The lowest BCUT2D eigenvalue weighted by Crippen LogP contribution is -2.30. The van der Waals surface area contributed by atoms with Crippen LogP contribution in [0.2, 0.25) is 0 Å². The number of carbonyl (C=O) groups is 1. The minimum absolute atomic E-state index is 0.102. The second-order valence-corrected chi connectivity index (χ2v) is 8.71. The van der Waals surface area contributed by atoms with Gasteiger partial charge in [-0.3, -0.25) is 4.79 Å². The number of aromatic nitrogens is 1. The van der Waals surface area contributed by atoms with Crippen molar-refractivity contribution < 1.29 is 14.3 Å². The second-order valence-electron chi connectivity index (χ2n) is 6.82. The van der Waals surface area contributed by atoms with Crippen LogP contribution < -0.4 is 9.47 Å². The SMILES string of the molecule is COc1ccc(-c2nc(C(=O)N(Cc3cccs3)Cc3ccccc3OC)cs2)cc1. The van der Waals surface area contributed by atoms with Gasteiger partial charge in [0.25, 0.3) is 5.91 Å². The highest BCUT2D eigenvalue weighted by molar-refractivity contribution is 7.13. The van der Waals surface area contributed by atoms with Crippen LogP contribution in [-0.2, 0) is 13.1 Å². The van der Waals surface area contributed by atoms with Gasteiger partial charge in [-0.15, -0.1) is 22.7 Å². The summed E-state index contributed by atoms with van der Waals surface area (Å²) in [6, 6.07) is 19.5. The molecule has 0 aliphatic heterocycles. The molecule has 4 aromatic rings. The maximum Gasteiger partial charge on any atom is 0.273 e. The monoisotopic (exact) mass is 450 g/mol. The van der Waals surface area contributed by atoms with Gasteiger partial charge in [-0.25, -0.2) is 4.98 Å². The van der Waals surface area contributed by atoms with Crippen LogP contribution in [0.15, 0.2) is 71.4 Å². The first-order chi connectivity index (χ1) is 15.2. The number of thiophene rings is 1. The maximum absolute atomic E-state index is 13.4. The minimum atomic E-state index is -0.102. The van der Waals surface area contributed by atoms with Gasteiger partial charge < -0.3 is 14.4 Å². The van der Waals surface area contributed by atoms with Crippen molar-refractivity contribution in [2.24, 2.45) is 0 Å². The van der Waals surface area contributed by atoms with Gasteiger partial charge in [-0.1, -0.05) is 24.3 Å². The average Bonchev–Trinajstić information content (AvgIpc) is 3.51. The number of thiazole rings is 1. The molecule has 0 spiro atoms. The molecule has 31 heavy (non-hydrogen) atoms. The van der Waals surface area contributed by atoms with Crippen molar-refractivity contribution in [3.63, 3.8) is 0 Å². The molecule has 0 atom stereocenters. The van der Waals surface area contributed by atoms with Gasteiger partial charge in [0.2, 0.25) is 0 Å². The lowest BCUT2D eigenvalue weighted by atomic mass is 10.1. The quantitative estimate of drug-likeness (QED) is 0.344. The van der Waals surface area contributed by atoms with Gasteiger partial charge in [-0.2, -0.15) is 0 Å². The van der Waals surface area contributed by atoms with E-state index in [9.17, 15) is 4.79 Å². The first-order valence-electron chi connectivity index (χ1n) is 9.71. The number of para-hydroxylation sites is 1. The van der Waals surface area contributed by atoms with Crippen molar-refractivity contribution in [3.05, 3.63) is 87.6 Å². The molecule has 0 saturated carbocycles. The molecular formula is C24H22N2O3S2. The van der Waals surface area contributed by atoms with Gasteiger partial charge in [-0.05, 0) is 41.8 Å². The van der Waals surface area contributed by atoms with Gasteiger partial charge in [0, 0.05) is 21.4 Å². The van der Waals surface area contributed by atoms with Crippen LogP contribution in [0.5, 0.6) is 11.5 Å². The molecule has 0 aliphatic rings. The van der Waals surface area contributed by atoms with Crippen molar-refractivity contribution >= 4 is 28.6 Å². The predicted molar refractivity (Wildman–Crippen MR) is 125 cm³/mol. The number of rotatable bonds is 8. The summed E-state index contributed by atoms with van der Waals surface area (Å²) in [5.74, 6) is 1.45. The third-order valence-electron chi connectivity index (χ3n) is 4.83. The Balaban J connectivity index is 1.60. The number of nitrogens with zero attached hydrogens (tertiary/aromatic N) is 2. The fourth-order valence-electron chi connectivity index (χ4n) is 3.23. The summed E-state index contributed by atoms with van der Waals surface area (Å²) in [4.78, 5) is 21.0. The van der Waals surface area contributed by atoms with Gasteiger partial charge in [0.05, 0.1) is 27.3 Å². The molecule has 2 heterocycles. The van der Waals surface area contributed by atoms with Crippen LogP contribution >= 0.6 is 22.7 Å². The minimum Gasteiger partial charge on any atom is -0.497 e. The highest BCUT2D eigenvalue weighted by Crippen LogP contribution is 2.28. The number of hydrogen-bond acceptors (Lipinski definition) is 6. The molecule has 4 rings (SSSR count). The normalized spacial score (nSPS) is 10.6. The first kappa shape index (κ1) is 21.1. The van der Waals surface area contributed by atoms with E-state index in [1.165, 1.54) is 11.3 Å². The van der Waals surface area contributed by atoms with Crippen molar-refractivity contribution in [2.75, 3.05) is 14.2 Å². The molecule has 7 heteroatoms. The highest BCUT2D eigenvalue weighted by atomic mass is 32.1. The van der Waals surface area contributed by atoms with Gasteiger partial charge in [0.1, 0.15) is 22.2 Å². The fraction of sp³-hybridized carbons (Fsp3) is 0.167. The zero-order valence-corrected chi connectivity index (χ0v) is 18.9. The standard InChI is InChI=1S/C24H22N2O3S2/c1-28-19-11-9-17(10-12-19)23-25-21(16-31-23)24(27)26(15-20-7-5-13-30-20)14-18-6-3-4-8-22(18)29-2/h3-13,16H,14-15H2,1-2H3. The number of methoxy groups -OCH3 is 2. The fourth-order valence-corrected chi connectivity index (χ4v) is 4.75. The molecule has 2 aromatic heterocycles. The lowest BCUT2D eigenvalue weighted by molar-refractivity contribution is 0.0725. The average molecular weight is 451 g/mol. The summed E-state index contributed by atoms with van der Waals surface area (Å²) in [5, 5.41) is 4.65. The number of benzene rings is 2. The Labute approximate surface area is 189 Å². The predicted octanol–water partition coefficient (Wildman–Crippen LogP) is 5.73. The number of ether oxygens (including phenoxy) is 2. The molecule has 0 fully saturated rings. The van der Waals surface area contributed by atoms with Crippen LogP contribution in [-0.4, -0.2) is 30.0 Å². The van der Waals surface area contributed by atoms with Crippen LogP contribution in [0.3, 0.4) is 0 Å². The highest BCUT2D eigenvalue weighted by Gasteiger charge is 2.21. The van der Waals surface area contributed by atoms with E-state index < -0.39 is 0 Å².